The molecule has 0 aromatic heterocycles. The van der Waals surface area contributed by atoms with Gasteiger partial charge in [-0.2, -0.15) is 0 Å². The van der Waals surface area contributed by atoms with Crippen molar-refractivity contribution in [2.45, 2.75) is 31.1 Å². The number of piperazine rings is 1. The molecule has 2 N–H and O–H groups in total. The Labute approximate surface area is 167 Å². The molecular formula is C23H29N3O2. The maximum Gasteiger partial charge on any atom is 0.251 e. The first-order valence-corrected chi connectivity index (χ1v) is 10.2. The molecule has 0 radical (unpaired) electrons. The Morgan fingerprint density at radius 1 is 0.929 bits per heavy atom. The third-order valence-corrected chi connectivity index (χ3v) is 5.87. The van der Waals surface area contributed by atoms with Crippen LogP contribution in [0.4, 0.5) is 0 Å². The van der Waals surface area contributed by atoms with E-state index in [1.165, 1.54) is 11.1 Å². The van der Waals surface area contributed by atoms with Crippen LogP contribution in [0.3, 0.4) is 0 Å². The van der Waals surface area contributed by atoms with Gasteiger partial charge in [-0.3, -0.25) is 9.69 Å². The number of nitrogens with zero attached hydrogens (tertiary/aromatic N) is 2. The quantitative estimate of drug-likeness (QED) is 0.867. The molecule has 2 aliphatic heterocycles. The molecule has 0 bridgehead atoms. The molecule has 0 spiro atoms. The largest absolute Gasteiger partial charge is 0.364 e. The zero-order chi connectivity index (χ0) is 19.3. The van der Waals surface area contributed by atoms with Crippen molar-refractivity contribution in [1.29, 1.82) is 0 Å². The van der Waals surface area contributed by atoms with Gasteiger partial charge in [0.05, 0.1) is 12.1 Å². The normalized spacial score (nSPS) is 23.3. The summed E-state index contributed by atoms with van der Waals surface area (Å²) in [5.41, 5.74) is 8.26. The minimum absolute atomic E-state index is 0.0378. The highest BCUT2D eigenvalue weighted by Gasteiger charge is 2.35. The number of carbonyl (C=O) groups excluding carboxylic acids is 1. The van der Waals surface area contributed by atoms with Crippen LogP contribution in [0.5, 0.6) is 0 Å². The molecule has 4 rings (SSSR count). The molecule has 0 aliphatic carbocycles. The molecule has 28 heavy (non-hydrogen) atoms. The van der Waals surface area contributed by atoms with Gasteiger partial charge in [0.1, 0.15) is 6.10 Å². The highest BCUT2D eigenvalue weighted by Crippen LogP contribution is 2.30. The summed E-state index contributed by atoms with van der Waals surface area (Å²) in [7, 11) is 0. The Kier molecular flexibility index (Phi) is 6.05. The van der Waals surface area contributed by atoms with E-state index >= 15 is 0 Å². The van der Waals surface area contributed by atoms with E-state index in [1.54, 1.807) is 0 Å². The van der Waals surface area contributed by atoms with Crippen LogP contribution in [0.25, 0.3) is 0 Å². The summed E-state index contributed by atoms with van der Waals surface area (Å²) in [4.78, 5) is 17.3. The highest BCUT2D eigenvalue weighted by molar-refractivity contribution is 5.81. The van der Waals surface area contributed by atoms with E-state index in [2.05, 4.69) is 65.6 Å². The lowest BCUT2D eigenvalue weighted by atomic mass is 9.96. The highest BCUT2D eigenvalue weighted by atomic mass is 16.5. The van der Waals surface area contributed by atoms with Crippen LogP contribution in [-0.2, 0) is 9.53 Å². The summed E-state index contributed by atoms with van der Waals surface area (Å²) < 4.78 is 5.81. The summed E-state index contributed by atoms with van der Waals surface area (Å²) in [5.74, 6) is 0.131. The lowest BCUT2D eigenvalue weighted by molar-refractivity contribution is -0.144. The molecule has 2 saturated heterocycles. The minimum atomic E-state index is -0.306. The monoisotopic (exact) mass is 379 g/mol. The standard InChI is InChI=1S/C23H29N3O2/c24-17-20-11-12-21(28-20)23(27)26-15-13-25(14-16-26)22(18-7-3-1-4-8-18)19-9-5-2-6-10-19/h1-10,20-22H,11-17,24H2/t20-,21+/m1/s1. The predicted octanol–water partition coefficient (Wildman–Crippen LogP) is 2.43. The fraction of sp³-hybridized carbons (Fsp3) is 0.435. The molecule has 5 heteroatoms. The van der Waals surface area contributed by atoms with Gasteiger partial charge in [0, 0.05) is 32.7 Å². The summed E-state index contributed by atoms with van der Waals surface area (Å²) in [5, 5.41) is 0. The minimum Gasteiger partial charge on any atom is -0.364 e. The molecule has 148 valence electrons. The van der Waals surface area contributed by atoms with E-state index in [1.807, 2.05) is 4.90 Å². The van der Waals surface area contributed by atoms with Crippen molar-refractivity contribution in [3.8, 4) is 0 Å². The van der Waals surface area contributed by atoms with Gasteiger partial charge in [-0.1, -0.05) is 60.7 Å². The SMILES string of the molecule is NC[C@H]1CC[C@@H](C(=O)N2CCN(C(c3ccccc3)c3ccccc3)CC2)O1. The van der Waals surface area contributed by atoms with Crippen molar-refractivity contribution in [1.82, 2.24) is 9.80 Å². The van der Waals surface area contributed by atoms with E-state index < -0.39 is 0 Å². The van der Waals surface area contributed by atoms with Gasteiger partial charge in [-0.25, -0.2) is 0 Å². The molecule has 2 aromatic rings. The summed E-state index contributed by atoms with van der Waals surface area (Å²) in [6.45, 7) is 3.68. The van der Waals surface area contributed by atoms with Crippen LogP contribution in [-0.4, -0.2) is 60.6 Å². The second-order valence-corrected chi connectivity index (χ2v) is 7.64. The van der Waals surface area contributed by atoms with Crippen molar-refractivity contribution >= 4 is 5.91 Å². The van der Waals surface area contributed by atoms with Gasteiger partial charge in [0.15, 0.2) is 0 Å². The lowest BCUT2D eigenvalue weighted by Gasteiger charge is -2.40. The number of amides is 1. The first kappa shape index (κ1) is 19.1. The average Bonchev–Trinajstić information content (AvgIpc) is 3.25. The zero-order valence-corrected chi connectivity index (χ0v) is 16.2. The van der Waals surface area contributed by atoms with E-state index in [0.717, 1.165) is 39.0 Å². The topological polar surface area (TPSA) is 58.8 Å². The van der Waals surface area contributed by atoms with Crippen molar-refractivity contribution in [2.24, 2.45) is 5.73 Å². The zero-order valence-electron chi connectivity index (χ0n) is 16.2. The van der Waals surface area contributed by atoms with E-state index in [4.69, 9.17) is 10.5 Å². The van der Waals surface area contributed by atoms with Crippen LogP contribution in [0.1, 0.15) is 30.0 Å². The maximum atomic E-state index is 12.8. The first-order valence-electron chi connectivity index (χ1n) is 10.2. The van der Waals surface area contributed by atoms with Gasteiger partial charge < -0.3 is 15.4 Å². The Morgan fingerprint density at radius 3 is 2.00 bits per heavy atom. The number of ether oxygens (including phenoxy) is 1. The van der Waals surface area contributed by atoms with Gasteiger partial charge in [0.2, 0.25) is 0 Å². The van der Waals surface area contributed by atoms with Crippen LogP contribution < -0.4 is 5.73 Å². The van der Waals surface area contributed by atoms with Gasteiger partial charge in [-0.05, 0) is 24.0 Å². The molecule has 5 nitrogen and oxygen atoms in total. The first-order chi connectivity index (χ1) is 13.8. The molecule has 2 aliphatic rings. The van der Waals surface area contributed by atoms with E-state index in [9.17, 15) is 4.79 Å². The smallest absolute Gasteiger partial charge is 0.251 e. The van der Waals surface area contributed by atoms with Crippen molar-refractivity contribution < 1.29 is 9.53 Å². The molecule has 0 unspecified atom stereocenters. The third kappa shape index (κ3) is 4.12. The van der Waals surface area contributed by atoms with Crippen molar-refractivity contribution in [3.63, 3.8) is 0 Å². The van der Waals surface area contributed by atoms with E-state index in [-0.39, 0.29) is 24.2 Å². The molecule has 2 atom stereocenters. The molecule has 2 aromatic carbocycles. The Bertz CT molecular complexity index is 720. The van der Waals surface area contributed by atoms with E-state index in [0.29, 0.717) is 6.54 Å². The summed E-state index contributed by atoms with van der Waals surface area (Å²) >= 11 is 0. The second-order valence-electron chi connectivity index (χ2n) is 7.64. The Balaban J connectivity index is 1.44. The van der Waals surface area contributed by atoms with Crippen LogP contribution in [0.2, 0.25) is 0 Å². The maximum absolute atomic E-state index is 12.8. The number of carbonyl (C=O) groups is 1. The fourth-order valence-corrected chi connectivity index (χ4v) is 4.35. The van der Waals surface area contributed by atoms with Crippen molar-refractivity contribution in [3.05, 3.63) is 71.8 Å². The molecule has 2 heterocycles. The number of rotatable bonds is 5. The van der Waals surface area contributed by atoms with Gasteiger partial charge in [-0.15, -0.1) is 0 Å². The lowest BCUT2D eigenvalue weighted by Crippen LogP contribution is -2.52. The van der Waals surface area contributed by atoms with Crippen LogP contribution in [0.15, 0.2) is 60.7 Å². The molecular weight excluding hydrogens is 350 g/mol. The molecule has 2 fully saturated rings. The molecule has 0 saturated carbocycles. The van der Waals surface area contributed by atoms with Gasteiger partial charge >= 0.3 is 0 Å². The number of benzene rings is 2. The fourth-order valence-electron chi connectivity index (χ4n) is 4.35. The number of hydrogen-bond donors (Lipinski definition) is 1. The summed E-state index contributed by atoms with van der Waals surface area (Å²) in [6.07, 6.45) is 1.41. The van der Waals surface area contributed by atoms with Crippen molar-refractivity contribution in [2.75, 3.05) is 32.7 Å². The Morgan fingerprint density at radius 2 is 1.50 bits per heavy atom. The third-order valence-electron chi connectivity index (χ3n) is 5.87. The molecule has 1 amide bonds. The van der Waals surface area contributed by atoms with Crippen LogP contribution in [0, 0.1) is 0 Å². The predicted molar refractivity (Wildman–Crippen MR) is 110 cm³/mol. The van der Waals surface area contributed by atoms with Crippen LogP contribution >= 0.6 is 0 Å². The van der Waals surface area contributed by atoms with Gasteiger partial charge in [0.25, 0.3) is 5.91 Å². The summed E-state index contributed by atoms with van der Waals surface area (Å²) in [6, 6.07) is 21.5. The number of hydrogen-bond acceptors (Lipinski definition) is 4. The Hall–Kier alpha value is -2.21. The number of nitrogens with two attached hydrogens (primary N) is 1. The average molecular weight is 380 g/mol. The second kappa shape index (κ2) is 8.86.